The third-order valence-electron chi connectivity index (χ3n) is 16.6. The van der Waals surface area contributed by atoms with Crippen LogP contribution < -0.4 is 0 Å². The summed E-state index contributed by atoms with van der Waals surface area (Å²) in [6.45, 7) is 0. The van der Waals surface area contributed by atoms with Crippen LogP contribution in [0.1, 0.15) is 66.8 Å². The van der Waals surface area contributed by atoms with E-state index in [2.05, 4.69) is 344 Å². The highest BCUT2D eigenvalue weighted by molar-refractivity contribution is 9.12. The van der Waals surface area contributed by atoms with Gasteiger partial charge >= 0.3 is 0 Å². The topological polar surface area (TPSA) is 0 Å². The summed E-state index contributed by atoms with van der Waals surface area (Å²) in [7, 11) is 0. The van der Waals surface area contributed by atoms with Gasteiger partial charge < -0.3 is 0 Å². The molecule has 0 fully saturated rings. The lowest BCUT2D eigenvalue weighted by atomic mass is 9.62. The van der Waals surface area contributed by atoms with Crippen molar-refractivity contribution in [3.8, 4) is 33.4 Å². The van der Waals surface area contributed by atoms with Crippen LogP contribution in [0.4, 0.5) is 0 Å². The van der Waals surface area contributed by atoms with E-state index in [4.69, 9.17) is 0 Å². The Morgan fingerprint density at radius 1 is 0.218 bits per heavy atom. The minimum absolute atomic E-state index is 0.576. The van der Waals surface area contributed by atoms with Gasteiger partial charge in [-0.15, -0.1) is 0 Å². The summed E-state index contributed by atoms with van der Waals surface area (Å²) >= 11 is 36.2. The zero-order chi connectivity index (χ0) is 53.7. The first-order valence-electron chi connectivity index (χ1n) is 25.8. The molecule has 0 heterocycles. The molecule has 0 saturated heterocycles. The minimum atomic E-state index is -0.576. The summed E-state index contributed by atoms with van der Waals surface area (Å²) in [6, 6.07) is 75.9. The molecule has 0 spiro atoms. The number of fused-ring (bicyclic) bond motifs is 12. The maximum absolute atomic E-state index is 4.13. The summed E-state index contributed by atoms with van der Waals surface area (Å²) in [5, 5.41) is 0. The SMILES string of the molecule is Brc1cccc(CC2(Cc3cccc(Br)c3)c3cc(Br)ccc3-c3c2c2c(c4c3C(Cc3cccc(Br)c3)(Cc3cccc(Br)c3)c3cc(Br)ccc3-4)C(Cc3cccc(Br)c3)(Cc3cccc(Br)c3)c3cc(Br)ccc3-2)c1. The molecule has 0 amide bonds. The number of halogens is 9. The quantitative estimate of drug-likeness (QED) is 0.114. The van der Waals surface area contributed by atoms with E-state index in [1.54, 1.807) is 0 Å². The Bertz CT molecular complexity index is 3500. The maximum atomic E-state index is 4.13. The molecule has 384 valence electrons. The van der Waals surface area contributed by atoms with E-state index in [1.165, 1.54) is 100 Å². The van der Waals surface area contributed by atoms with E-state index >= 15 is 0 Å². The average molecular weight is 1590 g/mol. The van der Waals surface area contributed by atoms with Gasteiger partial charge in [-0.25, -0.2) is 0 Å². The summed E-state index contributed by atoms with van der Waals surface area (Å²) in [4.78, 5) is 0. The van der Waals surface area contributed by atoms with Crippen molar-refractivity contribution in [2.45, 2.75) is 54.8 Å². The van der Waals surface area contributed by atoms with Gasteiger partial charge in [0.05, 0.1) is 0 Å². The molecule has 0 unspecified atom stereocenters. The molecule has 0 atom stereocenters. The van der Waals surface area contributed by atoms with Crippen LogP contribution in [-0.4, -0.2) is 0 Å². The Morgan fingerprint density at radius 2 is 0.410 bits per heavy atom. The van der Waals surface area contributed by atoms with Crippen LogP contribution in [0.5, 0.6) is 0 Å². The van der Waals surface area contributed by atoms with E-state index in [-0.39, 0.29) is 0 Å². The first-order valence-corrected chi connectivity index (χ1v) is 33.0. The third kappa shape index (κ3) is 9.51. The van der Waals surface area contributed by atoms with E-state index in [1.807, 2.05) is 0 Å². The fourth-order valence-electron chi connectivity index (χ4n) is 14.1. The number of benzene rings is 10. The van der Waals surface area contributed by atoms with Gasteiger partial charge in [0, 0.05) is 56.5 Å². The largest absolute Gasteiger partial charge is 0.0609 e. The first kappa shape index (κ1) is 53.8. The monoisotopic (exact) mass is 1580 g/mol. The third-order valence-corrected chi connectivity index (χ3v) is 21.0. The number of rotatable bonds is 12. The van der Waals surface area contributed by atoms with Gasteiger partial charge in [-0.1, -0.05) is 234 Å². The molecular formula is C69H45Br9. The lowest BCUT2D eigenvalue weighted by molar-refractivity contribution is 0.501. The van der Waals surface area contributed by atoms with Crippen molar-refractivity contribution >= 4 is 143 Å². The van der Waals surface area contributed by atoms with Crippen molar-refractivity contribution in [2.24, 2.45) is 0 Å². The fourth-order valence-corrected chi connectivity index (χ4v) is 17.8. The molecule has 0 aliphatic heterocycles. The Labute approximate surface area is 532 Å². The van der Waals surface area contributed by atoms with Crippen LogP contribution in [0, 0.1) is 0 Å². The predicted molar refractivity (Wildman–Crippen MR) is 355 cm³/mol. The van der Waals surface area contributed by atoms with Gasteiger partial charge in [-0.05, 0) is 248 Å². The molecular weight excluding hydrogens is 1550 g/mol. The highest BCUT2D eigenvalue weighted by atomic mass is 79.9. The summed E-state index contributed by atoms with van der Waals surface area (Å²) in [6.07, 6.45) is 4.58. The molecule has 0 N–H and O–H groups in total. The first-order chi connectivity index (χ1) is 37.7. The Balaban J connectivity index is 1.29. The van der Waals surface area contributed by atoms with Crippen LogP contribution in [-0.2, 0) is 54.8 Å². The molecule has 3 aliphatic rings. The lowest BCUT2D eigenvalue weighted by Crippen LogP contribution is -2.36. The zero-order valence-corrected chi connectivity index (χ0v) is 56.0. The molecule has 10 aromatic carbocycles. The van der Waals surface area contributed by atoms with Gasteiger partial charge in [-0.3, -0.25) is 0 Å². The highest BCUT2D eigenvalue weighted by Gasteiger charge is 2.58. The molecule has 10 aromatic rings. The normalized spacial score (nSPS) is 14.6. The van der Waals surface area contributed by atoms with Gasteiger partial charge in [0.2, 0.25) is 0 Å². The average Bonchev–Trinajstić information content (AvgIpc) is 4.09. The molecule has 0 radical (unpaired) electrons. The Morgan fingerprint density at radius 3 is 0.603 bits per heavy atom. The van der Waals surface area contributed by atoms with Gasteiger partial charge in [0.25, 0.3) is 0 Å². The molecule has 3 aliphatic carbocycles. The smallest absolute Gasteiger partial charge is 0.0302 e. The van der Waals surface area contributed by atoms with Crippen molar-refractivity contribution in [3.63, 3.8) is 0 Å². The number of hydrogen-bond acceptors (Lipinski definition) is 0. The molecule has 0 saturated carbocycles. The minimum Gasteiger partial charge on any atom is -0.0609 e. The molecule has 0 aromatic heterocycles. The summed E-state index contributed by atoms with van der Waals surface area (Å²) in [5.41, 5.74) is 22.2. The van der Waals surface area contributed by atoms with Gasteiger partial charge in [-0.2, -0.15) is 0 Å². The number of hydrogen-bond donors (Lipinski definition) is 0. The molecule has 0 bridgehead atoms. The van der Waals surface area contributed by atoms with Crippen molar-refractivity contribution in [3.05, 3.63) is 307 Å². The van der Waals surface area contributed by atoms with Gasteiger partial charge in [0.1, 0.15) is 0 Å². The van der Waals surface area contributed by atoms with Crippen molar-refractivity contribution in [2.75, 3.05) is 0 Å². The second kappa shape index (κ2) is 21.4. The second-order valence-electron chi connectivity index (χ2n) is 21.4. The lowest BCUT2D eigenvalue weighted by Gasteiger charge is -2.40. The standard InChI is InChI=1S/C69H45Br9/c70-46-13-1-7-40(25-46)34-67(35-41-8-2-14-47(71)26-41)58-31-52(76)19-22-55(58)61-64(67)62-56-23-20-53(77)32-59(56)68(36-42-9-3-15-48(72)27-42,37-43-10-4-16-49(73)28-43)66(62)63-57-24-21-54(78)33-60(57)69(65(61)63,38-44-11-5-17-50(74)29-44)39-45-12-6-18-51(75)30-45/h1-33H,34-39H2. The Kier molecular flexibility index (Phi) is 14.7. The maximum Gasteiger partial charge on any atom is 0.0302 e. The van der Waals surface area contributed by atoms with Gasteiger partial charge in [0.15, 0.2) is 0 Å². The van der Waals surface area contributed by atoms with E-state index in [0.717, 1.165) is 78.8 Å². The molecule has 13 rings (SSSR count). The summed E-state index contributed by atoms with van der Waals surface area (Å²) in [5.74, 6) is 0. The van der Waals surface area contributed by atoms with E-state index < -0.39 is 16.2 Å². The second-order valence-corrected chi connectivity index (χ2v) is 29.6. The van der Waals surface area contributed by atoms with Crippen LogP contribution in [0.3, 0.4) is 0 Å². The van der Waals surface area contributed by atoms with Crippen LogP contribution >= 0.6 is 143 Å². The highest BCUT2D eigenvalue weighted by Crippen LogP contribution is 2.70. The molecule has 9 heteroatoms. The van der Waals surface area contributed by atoms with Crippen LogP contribution in [0.2, 0.25) is 0 Å². The van der Waals surface area contributed by atoms with E-state index in [9.17, 15) is 0 Å². The molecule has 0 nitrogen and oxygen atoms in total. The zero-order valence-electron chi connectivity index (χ0n) is 41.7. The fraction of sp³-hybridized carbons (Fsp3) is 0.130. The van der Waals surface area contributed by atoms with E-state index in [0.29, 0.717) is 0 Å². The molecule has 78 heavy (non-hydrogen) atoms. The Hall–Kier alpha value is -3.48. The van der Waals surface area contributed by atoms with Crippen LogP contribution in [0.25, 0.3) is 33.4 Å². The predicted octanol–water partition coefficient (Wildman–Crippen LogP) is 22.8. The van der Waals surface area contributed by atoms with Crippen molar-refractivity contribution in [1.82, 2.24) is 0 Å². The summed E-state index contributed by atoms with van der Waals surface area (Å²) < 4.78 is 9.65. The van der Waals surface area contributed by atoms with Crippen molar-refractivity contribution < 1.29 is 0 Å². The van der Waals surface area contributed by atoms with Crippen LogP contribution in [0.15, 0.2) is 240 Å². The van der Waals surface area contributed by atoms with Crippen molar-refractivity contribution in [1.29, 1.82) is 0 Å².